The lowest BCUT2D eigenvalue weighted by Crippen LogP contribution is -2.58. The molecule has 2 aliphatic carbocycles. The molecule has 0 N–H and O–H groups in total. The average Bonchev–Trinajstić information content (AvgIpc) is 3.44. The fourth-order valence-electron chi connectivity index (χ4n) is 5.37. The van der Waals surface area contributed by atoms with Crippen molar-refractivity contribution in [2.45, 2.75) is 78.7 Å². The molecule has 0 bridgehead atoms. The van der Waals surface area contributed by atoms with Crippen molar-refractivity contribution < 1.29 is 28.7 Å². The summed E-state index contributed by atoms with van der Waals surface area (Å²) in [5, 5.41) is 0. The van der Waals surface area contributed by atoms with Gasteiger partial charge in [0, 0.05) is 44.8 Å². The minimum atomic E-state index is -0.457. The van der Waals surface area contributed by atoms with Crippen LogP contribution >= 0.6 is 0 Å². The third-order valence-corrected chi connectivity index (χ3v) is 7.84. The second kappa shape index (κ2) is 12.8. The van der Waals surface area contributed by atoms with Gasteiger partial charge in [-0.1, -0.05) is 32.9 Å². The fraction of sp³-hybridized carbons (Fsp3) is 0.786. The van der Waals surface area contributed by atoms with Crippen molar-refractivity contribution in [3.63, 3.8) is 0 Å². The van der Waals surface area contributed by atoms with Crippen LogP contribution in [0.2, 0.25) is 0 Å². The Hall–Kier alpha value is -2.22. The number of esters is 2. The van der Waals surface area contributed by atoms with Crippen molar-refractivity contribution in [3.05, 3.63) is 12.2 Å². The Morgan fingerprint density at radius 1 is 0.917 bits per heavy atom. The summed E-state index contributed by atoms with van der Waals surface area (Å²) >= 11 is 0. The average molecular weight is 505 g/mol. The minimum Gasteiger partial charge on any atom is -0.465 e. The number of amides is 1. The maximum atomic E-state index is 12.8. The predicted octanol–water partition coefficient (Wildman–Crippen LogP) is 3.38. The molecule has 1 amide bonds. The molecule has 3 unspecified atom stereocenters. The van der Waals surface area contributed by atoms with Crippen molar-refractivity contribution in [3.8, 4) is 0 Å². The summed E-state index contributed by atoms with van der Waals surface area (Å²) < 4.78 is 10.8. The van der Waals surface area contributed by atoms with E-state index in [2.05, 4.69) is 12.2 Å². The molecule has 8 nitrogen and oxygen atoms in total. The second-order valence-electron chi connectivity index (χ2n) is 11.6. The van der Waals surface area contributed by atoms with E-state index in [1.807, 2.05) is 25.7 Å². The molecule has 0 radical (unpaired) electrons. The fourth-order valence-corrected chi connectivity index (χ4v) is 5.37. The van der Waals surface area contributed by atoms with E-state index in [1.54, 1.807) is 4.90 Å². The number of hydrogen-bond acceptors (Lipinski definition) is 7. The lowest BCUT2D eigenvalue weighted by molar-refractivity contribution is -0.145. The van der Waals surface area contributed by atoms with Crippen molar-refractivity contribution in [1.29, 1.82) is 0 Å². The molecule has 3 atom stereocenters. The van der Waals surface area contributed by atoms with Crippen LogP contribution in [0.4, 0.5) is 0 Å². The maximum absolute atomic E-state index is 12.8. The Bertz CT molecular complexity index is 816. The van der Waals surface area contributed by atoms with Crippen LogP contribution in [-0.2, 0) is 28.7 Å². The van der Waals surface area contributed by atoms with Gasteiger partial charge in [0.15, 0.2) is 5.78 Å². The van der Waals surface area contributed by atoms with E-state index in [0.29, 0.717) is 50.4 Å². The number of allylic oxidation sites excluding steroid dienone is 2. The molecule has 202 valence electrons. The number of fused-ring (bicyclic) bond motifs is 1. The molecule has 2 fully saturated rings. The zero-order valence-electron chi connectivity index (χ0n) is 22.5. The van der Waals surface area contributed by atoms with Crippen LogP contribution in [0.15, 0.2) is 12.2 Å². The summed E-state index contributed by atoms with van der Waals surface area (Å²) in [6.45, 7) is 9.38. The molecule has 1 heterocycles. The molecule has 0 aromatic carbocycles. The number of piperazine rings is 1. The smallest absolute Gasteiger partial charge is 0.305 e. The van der Waals surface area contributed by atoms with E-state index in [0.717, 1.165) is 12.8 Å². The molecule has 1 saturated carbocycles. The van der Waals surface area contributed by atoms with Gasteiger partial charge in [0.2, 0.25) is 5.91 Å². The zero-order valence-corrected chi connectivity index (χ0v) is 22.5. The van der Waals surface area contributed by atoms with Crippen LogP contribution in [0, 0.1) is 23.2 Å². The Morgan fingerprint density at radius 3 is 2.19 bits per heavy atom. The molecule has 1 aliphatic heterocycles. The Morgan fingerprint density at radius 2 is 1.58 bits per heavy atom. The monoisotopic (exact) mass is 504 g/mol. The van der Waals surface area contributed by atoms with Crippen LogP contribution in [0.5, 0.6) is 0 Å². The first-order chi connectivity index (χ1) is 17.1. The molecule has 36 heavy (non-hydrogen) atoms. The lowest BCUT2D eigenvalue weighted by atomic mass is 9.90. The summed E-state index contributed by atoms with van der Waals surface area (Å²) in [6.07, 6.45) is 10.1. The zero-order chi connectivity index (χ0) is 26.3. The molecular weight excluding hydrogens is 460 g/mol. The highest BCUT2D eigenvalue weighted by Gasteiger charge is 2.49. The molecule has 0 spiro atoms. The highest BCUT2D eigenvalue weighted by Crippen LogP contribution is 2.52. The third-order valence-electron chi connectivity index (χ3n) is 7.84. The Kier molecular flexibility index (Phi) is 10.1. The highest BCUT2D eigenvalue weighted by molar-refractivity contribution is 5.85. The van der Waals surface area contributed by atoms with Crippen molar-refractivity contribution in [2.24, 2.45) is 23.2 Å². The minimum absolute atomic E-state index is 0.0226. The number of ether oxygens (including phenoxy) is 2. The van der Waals surface area contributed by atoms with Gasteiger partial charge in [0.05, 0.1) is 19.2 Å². The molecule has 3 aliphatic rings. The second-order valence-corrected chi connectivity index (χ2v) is 11.6. The van der Waals surface area contributed by atoms with E-state index in [4.69, 9.17) is 9.47 Å². The SMILES string of the molecule is CC(=O)OCC1CN(C(=O)CCCC(=O)OCC2C3CC/C=C/CCC32)CCN1CC(=O)C(C)(C)C. The molecule has 0 aromatic rings. The number of nitrogens with zero attached hydrogens (tertiary/aromatic N) is 2. The van der Waals surface area contributed by atoms with Crippen molar-refractivity contribution >= 4 is 23.6 Å². The normalized spacial score (nSPS) is 27.3. The number of hydrogen-bond donors (Lipinski definition) is 0. The number of ketones is 1. The van der Waals surface area contributed by atoms with Crippen LogP contribution in [0.3, 0.4) is 0 Å². The van der Waals surface area contributed by atoms with E-state index in [1.165, 1.54) is 19.8 Å². The van der Waals surface area contributed by atoms with Gasteiger partial charge in [0.25, 0.3) is 0 Å². The molecule has 1 saturated heterocycles. The van der Waals surface area contributed by atoms with Gasteiger partial charge >= 0.3 is 11.9 Å². The first kappa shape index (κ1) is 28.4. The third kappa shape index (κ3) is 8.43. The van der Waals surface area contributed by atoms with Crippen LogP contribution < -0.4 is 0 Å². The summed E-state index contributed by atoms with van der Waals surface area (Å²) in [5.74, 6) is 1.38. The van der Waals surface area contributed by atoms with E-state index in [9.17, 15) is 19.2 Å². The number of carbonyl (C=O) groups is 4. The summed E-state index contributed by atoms with van der Waals surface area (Å²) in [5.41, 5.74) is -0.457. The quantitative estimate of drug-likeness (QED) is 0.333. The van der Waals surface area contributed by atoms with E-state index in [-0.39, 0.29) is 55.7 Å². The van der Waals surface area contributed by atoms with Crippen LogP contribution in [0.25, 0.3) is 0 Å². The molecule has 8 heteroatoms. The van der Waals surface area contributed by atoms with Gasteiger partial charge in [0.1, 0.15) is 6.61 Å². The van der Waals surface area contributed by atoms with Crippen LogP contribution in [0.1, 0.15) is 72.6 Å². The summed E-state index contributed by atoms with van der Waals surface area (Å²) in [7, 11) is 0. The van der Waals surface area contributed by atoms with Gasteiger partial charge in [-0.2, -0.15) is 0 Å². The van der Waals surface area contributed by atoms with Gasteiger partial charge in [-0.15, -0.1) is 0 Å². The lowest BCUT2D eigenvalue weighted by Gasteiger charge is -2.41. The molecule has 3 rings (SSSR count). The Labute approximate surface area is 215 Å². The molecule has 0 aromatic heterocycles. The first-order valence-corrected chi connectivity index (χ1v) is 13.6. The van der Waals surface area contributed by atoms with Gasteiger partial charge in [-0.05, 0) is 49.9 Å². The summed E-state index contributed by atoms with van der Waals surface area (Å²) in [4.78, 5) is 52.8. The van der Waals surface area contributed by atoms with Crippen molar-refractivity contribution in [2.75, 3.05) is 39.4 Å². The van der Waals surface area contributed by atoms with Gasteiger partial charge in [-0.3, -0.25) is 24.1 Å². The Balaban J connectivity index is 1.39. The standard InChI is InChI=1S/C28H44N2O6/c1-20(31)35-18-21-16-30(15-14-29(21)17-25(32)28(2,3)4)26(33)12-9-13-27(34)36-19-24-22-10-7-5-6-8-11-23(22)24/h5-6,21-24H,7-19H2,1-4H3/b6-5+. The predicted molar refractivity (Wildman–Crippen MR) is 136 cm³/mol. The summed E-state index contributed by atoms with van der Waals surface area (Å²) in [6, 6.07) is -0.228. The highest BCUT2D eigenvalue weighted by atomic mass is 16.5. The van der Waals surface area contributed by atoms with Crippen molar-refractivity contribution in [1.82, 2.24) is 9.80 Å². The van der Waals surface area contributed by atoms with Gasteiger partial charge in [-0.25, -0.2) is 0 Å². The first-order valence-electron chi connectivity index (χ1n) is 13.6. The van der Waals surface area contributed by atoms with Crippen LogP contribution in [-0.4, -0.2) is 78.9 Å². The maximum Gasteiger partial charge on any atom is 0.305 e. The number of rotatable bonds is 10. The topological polar surface area (TPSA) is 93.2 Å². The largest absolute Gasteiger partial charge is 0.465 e. The van der Waals surface area contributed by atoms with Gasteiger partial charge < -0.3 is 14.4 Å². The number of carbonyl (C=O) groups excluding carboxylic acids is 4. The molecular formula is C28H44N2O6. The van der Waals surface area contributed by atoms with E-state index < -0.39 is 5.41 Å². The van der Waals surface area contributed by atoms with E-state index >= 15 is 0 Å². The number of Topliss-reactive ketones (excluding diaryl/α,β-unsaturated/α-hetero) is 1.